The summed E-state index contributed by atoms with van der Waals surface area (Å²) in [6.45, 7) is 2.27. The number of hydrogen-bond acceptors (Lipinski definition) is 0. The molecule has 14 heavy (non-hydrogen) atoms. The van der Waals surface area contributed by atoms with Gasteiger partial charge in [-0.1, -0.05) is 30.7 Å². The van der Waals surface area contributed by atoms with E-state index in [0.29, 0.717) is 0 Å². The van der Waals surface area contributed by atoms with Crippen LogP contribution in [0, 0.1) is 5.92 Å². The van der Waals surface area contributed by atoms with Gasteiger partial charge in [0.25, 0.3) is 0 Å². The second kappa shape index (κ2) is 4.32. The summed E-state index contributed by atoms with van der Waals surface area (Å²) in [5, 5.41) is 0. The fourth-order valence-corrected chi connectivity index (χ4v) is 2.05. The number of aromatic amines is 1. The maximum absolute atomic E-state index is 3.26. The number of nitrogens with one attached hydrogen (secondary N) is 1. The first-order valence-electron chi connectivity index (χ1n) is 5.38. The van der Waals surface area contributed by atoms with Gasteiger partial charge in [-0.25, -0.2) is 0 Å². The van der Waals surface area contributed by atoms with Gasteiger partial charge in [-0.3, -0.25) is 0 Å². The summed E-state index contributed by atoms with van der Waals surface area (Å²) in [4.78, 5) is 3.26. The summed E-state index contributed by atoms with van der Waals surface area (Å²) in [7, 11) is 0. The molecule has 1 heteroatoms. The minimum Gasteiger partial charge on any atom is -0.365 e. The van der Waals surface area contributed by atoms with Crippen LogP contribution in [0.3, 0.4) is 0 Å². The molecule has 1 atom stereocenters. The molecular weight excluding hydrogens is 170 g/mol. The van der Waals surface area contributed by atoms with E-state index < -0.39 is 0 Å². The Balaban J connectivity index is 2.09. The zero-order valence-corrected chi connectivity index (χ0v) is 8.66. The van der Waals surface area contributed by atoms with Gasteiger partial charge in [-0.05, 0) is 30.9 Å². The molecule has 74 valence electrons. The van der Waals surface area contributed by atoms with E-state index in [4.69, 9.17) is 0 Å². The molecule has 1 aliphatic carbocycles. The van der Waals surface area contributed by atoms with Gasteiger partial charge in [-0.15, -0.1) is 0 Å². The van der Waals surface area contributed by atoms with Gasteiger partial charge in [0.1, 0.15) is 0 Å². The van der Waals surface area contributed by atoms with E-state index in [1.54, 1.807) is 5.57 Å². The molecule has 0 bridgehead atoms. The average molecular weight is 187 g/mol. The van der Waals surface area contributed by atoms with Crippen LogP contribution in [0.4, 0.5) is 0 Å². The summed E-state index contributed by atoms with van der Waals surface area (Å²) < 4.78 is 0. The maximum Gasteiger partial charge on any atom is 0.0188 e. The maximum atomic E-state index is 3.26. The molecule has 1 aromatic heterocycles. The smallest absolute Gasteiger partial charge is 0.0188 e. The van der Waals surface area contributed by atoms with Gasteiger partial charge in [0.05, 0.1) is 0 Å². The lowest BCUT2D eigenvalue weighted by atomic mass is 9.87. The molecule has 1 N–H and O–H groups in total. The first-order valence-corrected chi connectivity index (χ1v) is 5.38. The molecule has 0 saturated carbocycles. The Hall–Kier alpha value is -1.24. The van der Waals surface area contributed by atoms with Crippen molar-refractivity contribution in [3.05, 3.63) is 47.8 Å². The normalized spacial score (nSPS) is 20.9. The van der Waals surface area contributed by atoms with Crippen LogP contribution in [0.2, 0.25) is 0 Å². The molecule has 0 radical (unpaired) electrons. The topological polar surface area (TPSA) is 15.8 Å². The Morgan fingerprint density at radius 1 is 1.50 bits per heavy atom. The highest BCUT2D eigenvalue weighted by molar-refractivity contribution is 5.25. The van der Waals surface area contributed by atoms with Crippen molar-refractivity contribution in [1.82, 2.24) is 4.98 Å². The molecule has 0 amide bonds. The Morgan fingerprint density at radius 2 is 2.43 bits per heavy atom. The number of rotatable bonds is 3. The minimum atomic E-state index is 0.753. The van der Waals surface area contributed by atoms with E-state index in [2.05, 4.69) is 42.3 Å². The minimum absolute atomic E-state index is 0.753. The van der Waals surface area contributed by atoms with Crippen LogP contribution in [-0.2, 0) is 6.42 Å². The molecule has 1 aliphatic rings. The van der Waals surface area contributed by atoms with E-state index in [1.807, 2.05) is 6.20 Å². The fraction of sp³-hybridized carbons (Fsp3) is 0.385. The molecule has 1 heterocycles. The lowest BCUT2D eigenvalue weighted by molar-refractivity contribution is 0.579. The van der Waals surface area contributed by atoms with Gasteiger partial charge >= 0.3 is 0 Å². The predicted molar refractivity (Wildman–Crippen MR) is 60.1 cm³/mol. The first kappa shape index (κ1) is 9.32. The number of hydrogen-bond donors (Lipinski definition) is 1. The molecule has 2 rings (SSSR count). The molecule has 1 unspecified atom stereocenters. The standard InChI is InChI=1S/C13H17N/c1-2-11-6-3-4-7-12(11)10-13-8-5-9-14-13/h3-5,7-9,11,14H,2,6,10H2,1H3. The predicted octanol–water partition coefficient (Wildman–Crippen LogP) is 3.47. The van der Waals surface area contributed by atoms with E-state index in [9.17, 15) is 0 Å². The summed E-state index contributed by atoms with van der Waals surface area (Å²) in [6.07, 6.45) is 12.3. The van der Waals surface area contributed by atoms with Gasteiger partial charge in [-0.2, -0.15) is 0 Å². The van der Waals surface area contributed by atoms with Crippen LogP contribution in [0.25, 0.3) is 0 Å². The Labute approximate surface area is 85.5 Å². The molecular formula is C13H17N. The summed E-state index contributed by atoms with van der Waals surface area (Å²) in [6, 6.07) is 4.22. The molecule has 0 fully saturated rings. The van der Waals surface area contributed by atoms with Gasteiger partial charge < -0.3 is 4.98 Å². The van der Waals surface area contributed by atoms with E-state index in [1.165, 1.54) is 18.5 Å². The third kappa shape index (κ3) is 1.98. The highest BCUT2D eigenvalue weighted by atomic mass is 14.7. The Morgan fingerprint density at radius 3 is 3.14 bits per heavy atom. The molecule has 0 aliphatic heterocycles. The van der Waals surface area contributed by atoms with Crippen molar-refractivity contribution in [3.8, 4) is 0 Å². The van der Waals surface area contributed by atoms with Crippen molar-refractivity contribution < 1.29 is 0 Å². The Bertz CT molecular complexity index is 330. The number of allylic oxidation sites excluding steroid dienone is 4. The second-order valence-corrected chi connectivity index (χ2v) is 3.88. The second-order valence-electron chi connectivity index (χ2n) is 3.88. The SMILES string of the molecule is CCC1CC=CC=C1Cc1ccc[nH]1. The lowest BCUT2D eigenvalue weighted by Gasteiger charge is -2.19. The van der Waals surface area contributed by atoms with Gasteiger partial charge in [0, 0.05) is 18.3 Å². The van der Waals surface area contributed by atoms with E-state index >= 15 is 0 Å². The van der Waals surface area contributed by atoms with Crippen LogP contribution in [-0.4, -0.2) is 4.98 Å². The Kier molecular flexibility index (Phi) is 2.87. The van der Waals surface area contributed by atoms with Crippen LogP contribution in [0.1, 0.15) is 25.5 Å². The highest BCUT2D eigenvalue weighted by Crippen LogP contribution is 2.26. The number of H-pyrrole nitrogens is 1. The van der Waals surface area contributed by atoms with Crippen molar-refractivity contribution in [3.63, 3.8) is 0 Å². The summed E-state index contributed by atoms with van der Waals surface area (Å²) in [5.41, 5.74) is 2.89. The zero-order chi connectivity index (χ0) is 9.80. The lowest BCUT2D eigenvalue weighted by Crippen LogP contribution is -2.07. The number of aromatic nitrogens is 1. The van der Waals surface area contributed by atoms with Crippen LogP contribution in [0.15, 0.2) is 42.1 Å². The van der Waals surface area contributed by atoms with Crippen molar-refractivity contribution >= 4 is 0 Å². The highest BCUT2D eigenvalue weighted by Gasteiger charge is 2.13. The monoisotopic (exact) mass is 187 g/mol. The van der Waals surface area contributed by atoms with E-state index in [0.717, 1.165) is 12.3 Å². The first-order chi connectivity index (χ1) is 6.90. The van der Waals surface area contributed by atoms with Crippen molar-refractivity contribution in [1.29, 1.82) is 0 Å². The zero-order valence-electron chi connectivity index (χ0n) is 8.66. The molecule has 0 saturated heterocycles. The fourth-order valence-electron chi connectivity index (χ4n) is 2.05. The van der Waals surface area contributed by atoms with Crippen LogP contribution < -0.4 is 0 Å². The quantitative estimate of drug-likeness (QED) is 0.745. The van der Waals surface area contributed by atoms with Crippen LogP contribution in [0.5, 0.6) is 0 Å². The largest absolute Gasteiger partial charge is 0.365 e. The molecule has 0 aromatic carbocycles. The van der Waals surface area contributed by atoms with Gasteiger partial charge in [0.2, 0.25) is 0 Å². The third-order valence-corrected chi connectivity index (χ3v) is 2.94. The summed E-state index contributed by atoms with van der Waals surface area (Å²) in [5.74, 6) is 0.753. The van der Waals surface area contributed by atoms with Gasteiger partial charge in [0.15, 0.2) is 0 Å². The van der Waals surface area contributed by atoms with Crippen molar-refractivity contribution in [2.24, 2.45) is 5.92 Å². The summed E-state index contributed by atoms with van der Waals surface area (Å²) >= 11 is 0. The molecule has 1 nitrogen and oxygen atoms in total. The van der Waals surface area contributed by atoms with Crippen molar-refractivity contribution in [2.45, 2.75) is 26.2 Å². The molecule has 1 aromatic rings. The third-order valence-electron chi connectivity index (χ3n) is 2.94. The van der Waals surface area contributed by atoms with E-state index in [-0.39, 0.29) is 0 Å². The molecule has 0 spiro atoms. The van der Waals surface area contributed by atoms with Crippen LogP contribution >= 0.6 is 0 Å². The average Bonchev–Trinajstić information content (AvgIpc) is 2.71. The van der Waals surface area contributed by atoms with Crippen molar-refractivity contribution in [2.75, 3.05) is 0 Å².